The summed E-state index contributed by atoms with van der Waals surface area (Å²) in [5, 5.41) is 22.7. The molecule has 1 aromatic carbocycles. The van der Waals surface area contributed by atoms with Crippen LogP contribution in [0.2, 0.25) is 5.15 Å². The van der Waals surface area contributed by atoms with Crippen molar-refractivity contribution < 1.29 is 19.8 Å². The van der Waals surface area contributed by atoms with Gasteiger partial charge in [-0.1, -0.05) is 36.4 Å². The topological polar surface area (TPSA) is 135 Å². The first kappa shape index (κ1) is 25.6. The first-order valence-corrected chi connectivity index (χ1v) is 12.2. The van der Waals surface area contributed by atoms with Crippen LogP contribution in [-0.2, 0) is 4.79 Å². The molecule has 36 heavy (non-hydrogen) atoms. The number of aromatic nitrogens is 3. The van der Waals surface area contributed by atoms with E-state index in [4.69, 9.17) is 17.3 Å². The number of nitrogens with zero attached hydrogens (tertiary/aromatic N) is 4. The van der Waals surface area contributed by atoms with Crippen LogP contribution in [0.4, 0.5) is 0 Å². The molecule has 2 heterocycles. The third-order valence-electron chi connectivity index (χ3n) is 6.51. The average Bonchev–Trinajstić information content (AvgIpc) is 3.41. The van der Waals surface area contributed by atoms with Crippen LogP contribution in [0.5, 0.6) is 0 Å². The minimum Gasteiger partial charge on any atom is -0.390 e. The lowest BCUT2D eigenvalue weighted by atomic mass is 10.0. The second-order valence-corrected chi connectivity index (χ2v) is 9.30. The van der Waals surface area contributed by atoms with Crippen molar-refractivity contribution in [2.45, 2.75) is 44.4 Å². The molecule has 10 heteroatoms. The summed E-state index contributed by atoms with van der Waals surface area (Å²) in [4.78, 5) is 34.1. The van der Waals surface area contributed by atoms with Crippen LogP contribution in [0.25, 0.3) is 11.0 Å². The second kappa shape index (κ2) is 11.1. The molecular formula is C26H28ClN5O4. The van der Waals surface area contributed by atoms with E-state index in [0.717, 1.165) is 0 Å². The maximum absolute atomic E-state index is 12.8. The number of rotatable bonds is 7. The number of primary amides is 1. The van der Waals surface area contributed by atoms with Crippen molar-refractivity contribution in [2.24, 2.45) is 11.7 Å². The molecule has 1 aliphatic carbocycles. The summed E-state index contributed by atoms with van der Waals surface area (Å²) in [6.07, 6.45) is 2.55. The lowest BCUT2D eigenvalue weighted by molar-refractivity contribution is -0.131. The molecule has 1 saturated carbocycles. The molecule has 0 radical (unpaired) electrons. The number of hydrogen-bond acceptors (Lipinski definition) is 6. The Bertz CT molecular complexity index is 1330. The van der Waals surface area contributed by atoms with Gasteiger partial charge in [-0.3, -0.25) is 9.59 Å². The molecular weight excluding hydrogens is 482 g/mol. The van der Waals surface area contributed by atoms with Crippen LogP contribution < -0.4 is 5.73 Å². The summed E-state index contributed by atoms with van der Waals surface area (Å²) in [7, 11) is 0. The van der Waals surface area contributed by atoms with Gasteiger partial charge >= 0.3 is 0 Å². The Hall–Kier alpha value is -3.45. The number of fused-ring (bicyclic) bond motifs is 1. The summed E-state index contributed by atoms with van der Waals surface area (Å²) in [5.41, 5.74) is 6.89. The predicted molar refractivity (Wildman–Crippen MR) is 135 cm³/mol. The zero-order valence-electron chi connectivity index (χ0n) is 19.8. The maximum atomic E-state index is 12.8. The lowest BCUT2D eigenvalue weighted by Gasteiger charge is -2.25. The Labute approximate surface area is 213 Å². The quantitative estimate of drug-likeness (QED) is 0.330. The fourth-order valence-corrected chi connectivity index (χ4v) is 4.85. The van der Waals surface area contributed by atoms with Gasteiger partial charge in [0, 0.05) is 36.2 Å². The van der Waals surface area contributed by atoms with Crippen LogP contribution in [0.3, 0.4) is 0 Å². The monoisotopic (exact) mass is 509 g/mol. The minimum absolute atomic E-state index is 0.0752. The molecule has 0 bridgehead atoms. The van der Waals surface area contributed by atoms with Gasteiger partial charge in [0.15, 0.2) is 0 Å². The molecule has 0 aliphatic heterocycles. The van der Waals surface area contributed by atoms with Gasteiger partial charge in [-0.05, 0) is 37.1 Å². The largest absolute Gasteiger partial charge is 0.390 e. The van der Waals surface area contributed by atoms with E-state index < -0.39 is 24.2 Å². The first-order chi connectivity index (χ1) is 17.3. The normalized spacial score (nSPS) is 21.2. The number of aliphatic hydroxyl groups excluding tert-OH is 2. The lowest BCUT2D eigenvalue weighted by Crippen LogP contribution is -2.39. The average molecular weight is 510 g/mol. The molecule has 0 spiro atoms. The van der Waals surface area contributed by atoms with Gasteiger partial charge in [-0.2, -0.15) is 0 Å². The van der Waals surface area contributed by atoms with Gasteiger partial charge in [0.1, 0.15) is 23.2 Å². The Balaban J connectivity index is 1.51. The van der Waals surface area contributed by atoms with Gasteiger partial charge in [0.2, 0.25) is 11.8 Å². The standard InChI is InChI=1S/C26H28ClN5O4/c1-2-5-21(33)31(10-4-7-16-6-3-8-17(12-16)25(28)36)14-18-13-20(23(35)22(18)34)32-11-9-19-24(27)29-15-30-26(19)32/h3,6,8-9,11-12,15,18,20,22-23,34-35H,2,5,10,13-14H2,1H3,(H2,28,36)/t18-,20-,22-,23+/m1/s1. The molecule has 3 aromatic rings. The Morgan fingerprint density at radius 2 is 2.06 bits per heavy atom. The van der Waals surface area contributed by atoms with E-state index in [-0.39, 0.29) is 24.9 Å². The van der Waals surface area contributed by atoms with Crippen molar-refractivity contribution in [1.82, 2.24) is 19.4 Å². The zero-order valence-corrected chi connectivity index (χ0v) is 20.6. The molecule has 2 aromatic heterocycles. The van der Waals surface area contributed by atoms with Crippen molar-refractivity contribution in [2.75, 3.05) is 13.1 Å². The van der Waals surface area contributed by atoms with E-state index in [2.05, 4.69) is 21.8 Å². The first-order valence-electron chi connectivity index (χ1n) is 11.8. The highest BCUT2D eigenvalue weighted by Crippen LogP contribution is 2.38. The highest BCUT2D eigenvalue weighted by molar-refractivity contribution is 6.33. The molecule has 4 atom stereocenters. The van der Waals surface area contributed by atoms with E-state index in [1.807, 2.05) is 6.92 Å². The molecule has 2 amide bonds. The van der Waals surface area contributed by atoms with Crippen molar-refractivity contribution in [3.05, 3.63) is 59.1 Å². The smallest absolute Gasteiger partial charge is 0.248 e. The molecule has 1 aliphatic rings. The fourth-order valence-electron chi connectivity index (χ4n) is 4.66. The molecule has 0 unspecified atom stereocenters. The number of hydrogen-bond donors (Lipinski definition) is 3. The predicted octanol–water partition coefficient (Wildman–Crippen LogP) is 2.15. The minimum atomic E-state index is -1.04. The third-order valence-corrected chi connectivity index (χ3v) is 6.81. The molecule has 4 N–H and O–H groups in total. The summed E-state index contributed by atoms with van der Waals surface area (Å²) in [5.74, 6) is 5.00. The molecule has 0 saturated heterocycles. The number of benzene rings is 1. The maximum Gasteiger partial charge on any atom is 0.248 e. The summed E-state index contributed by atoms with van der Waals surface area (Å²) in [6.45, 7) is 2.32. The molecule has 9 nitrogen and oxygen atoms in total. The van der Waals surface area contributed by atoms with E-state index in [1.54, 1.807) is 46.0 Å². The summed E-state index contributed by atoms with van der Waals surface area (Å²) in [6, 6.07) is 8.03. The van der Waals surface area contributed by atoms with Crippen LogP contribution in [0, 0.1) is 17.8 Å². The number of aliphatic hydroxyl groups is 2. The van der Waals surface area contributed by atoms with Gasteiger partial charge < -0.3 is 25.4 Å². The van der Waals surface area contributed by atoms with E-state index >= 15 is 0 Å². The van der Waals surface area contributed by atoms with Crippen LogP contribution in [0.15, 0.2) is 42.9 Å². The van der Waals surface area contributed by atoms with Gasteiger partial charge in [-0.25, -0.2) is 9.97 Å². The third kappa shape index (κ3) is 5.36. The Morgan fingerprint density at radius 1 is 1.25 bits per heavy atom. The van der Waals surface area contributed by atoms with Crippen LogP contribution in [-0.4, -0.2) is 66.8 Å². The van der Waals surface area contributed by atoms with Crippen molar-refractivity contribution in [3.63, 3.8) is 0 Å². The molecule has 1 fully saturated rings. The summed E-state index contributed by atoms with van der Waals surface area (Å²) < 4.78 is 1.81. The fraction of sp³-hybridized carbons (Fsp3) is 0.385. The van der Waals surface area contributed by atoms with Crippen molar-refractivity contribution in [3.8, 4) is 11.8 Å². The van der Waals surface area contributed by atoms with E-state index in [9.17, 15) is 19.8 Å². The van der Waals surface area contributed by atoms with E-state index in [1.165, 1.54) is 6.33 Å². The summed E-state index contributed by atoms with van der Waals surface area (Å²) >= 11 is 6.16. The van der Waals surface area contributed by atoms with Crippen LogP contribution >= 0.6 is 11.6 Å². The van der Waals surface area contributed by atoms with Gasteiger partial charge in [0.25, 0.3) is 0 Å². The van der Waals surface area contributed by atoms with Crippen LogP contribution in [0.1, 0.15) is 48.1 Å². The van der Waals surface area contributed by atoms with Gasteiger partial charge in [0.05, 0.1) is 24.1 Å². The number of carbonyl (C=O) groups excluding carboxylic acids is 2. The molecule has 4 rings (SSSR count). The van der Waals surface area contributed by atoms with E-state index in [0.29, 0.717) is 46.6 Å². The number of nitrogens with two attached hydrogens (primary N) is 1. The van der Waals surface area contributed by atoms with Gasteiger partial charge in [-0.15, -0.1) is 0 Å². The highest BCUT2D eigenvalue weighted by atomic mass is 35.5. The Morgan fingerprint density at radius 3 is 2.81 bits per heavy atom. The number of halogens is 1. The highest BCUT2D eigenvalue weighted by Gasteiger charge is 2.43. The number of carbonyl (C=O) groups is 2. The SMILES string of the molecule is CCCC(=O)N(CC#Cc1cccc(C(N)=O)c1)C[C@H]1C[C@@H](n2ccc3c(Cl)ncnc32)[C@H](O)[C@@H]1O. The zero-order chi connectivity index (χ0) is 25.8. The van der Waals surface area contributed by atoms with Crippen molar-refractivity contribution in [1.29, 1.82) is 0 Å². The Kier molecular flexibility index (Phi) is 7.89. The molecule has 188 valence electrons. The second-order valence-electron chi connectivity index (χ2n) is 8.94. The van der Waals surface area contributed by atoms with Crippen molar-refractivity contribution >= 4 is 34.4 Å². The number of amides is 2.